The minimum Gasteiger partial charge on any atom is -0.481 e. The van der Waals surface area contributed by atoms with Gasteiger partial charge in [-0.2, -0.15) is 9.61 Å². The Morgan fingerprint density at radius 3 is 2.70 bits per heavy atom. The summed E-state index contributed by atoms with van der Waals surface area (Å²) in [4.78, 5) is 18.9. The first kappa shape index (κ1) is 23.5. The molecule has 2 aromatic heterocycles. The highest BCUT2D eigenvalue weighted by Gasteiger charge is 2.34. The first-order valence-electron chi connectivity index (χ1n) is 10.8. The number of carboxylic acids is 1. The molecule has 33 heavy (non-hydrogen) atoms. The summed E-state index contributed by atoms with van der Waals surface area (Å²) in [6.07, 6.45) is 3.37. The van der Waals surface area contributed by atoms with E-state index in [2.05, 4.69) is 14.8 Å². The number of halogens is 1. The molecule has 0 spiro atoms. The first-order chi connectivity index (χ1) is 15.7. The van der Waals surface area contributed by atoms with Gasteiger partial charge in [0.25, 0.3) is 0 Å². The summed E-state index contributed by atoms with van der Waals surface area (Å²) in [5.41, 5.74) is 1.89. The molecule has 1 unspecified atom stereocenters. The molecule has 4 rings (SSSR count). The molecule has 1 aliphatic heterocycles. The van der Waals surface area contributed by atoms with Crippen molar-refractivity contribution in [3.8, 4) is 0 Å². The molecule has 9 nitrogen and oxygen atoms in total. The Hall–Kier alpha value is -2.69. The van der Waals surface area contributed by atoms with E-state index in [0.29, 0.717) is 60.1 Å². The van der Waals surface area contributed by atoms with Gasteiger partial charge >= 0.3 is 5.97 Å². The van der Waals surface area contributed by atoms with Gasteiger partial charge in [-0.25, -0.2) is 18.1 Å². The number of benzene rings is 1. The van der Waals surface area contributed by atoms with Crippen molar-refractivity contribution in [3.05, 3.63) is 52.8 Å². The highest BCUT2D eigenvalue weighted by molar-refractivity contribution is 7.89. The summed E-state index contributed by atoms with van der Waals surface area (Å²) in [7, 11) is -3.72. The Labute approximate surface area is 197 Å². The van der Waals surface area contributed by atoms with Crippen LogP contribution in [0.15, 0.2) is 41.4 Å². The van der Waals surface area contributed by atoms with Gasteiger partial charge in [0.2, 0.25) is 10.0 Å². The summed E-state index contributed by atoms with van der Waals surface area (Å²) in [5, 5.41) is 14.8. The third-order valence-electron chi connectivity index (χ3n) is 5.89. The van der Waals surface area contributed by atoms with Gasteiger partial charge in [0.05, 0.1) is 17.0 Å². The van der Waals surface area contributed by atoms with E-state index in [4.69, 9.17) is 11.6 Å². The molecule has 0 aliphatic carbocycles. The molecule has 0 amide bonds. The minimum absolute atomic E-state index is 0.147. The van der Waals surface area contributed by atoms with Gasteiger partial charge in [-0.15, -0.1) is 0 Å². The monoisotopic (exact) mass is 491 g/mol. The number of anilines is 1. The number of nitrogens with one attached hydrogen (secondary N) is 1. The fourth-order valence-electron chi connectivity index (χ4n) is 4.39. The van der Waals surface area contributed by atoms with Crippen LogP contribution in [0, 0.1) is 6.92 Å². The number of aromatic nitrogens is 3. The van der Waals surface area contributed by atoms with Gasteiger partial charge in [-0.05, 0) is 44.0 Å². The number of fused-ring (bicyclic) bond motifs is 1. The number of aliphatic carboxylic acids is 1. The van der Waals surface area contributed by atoms with Gasteiger partial charge in [-0.1, -0.05) is 24.9 Å². The van der Waals surface area contributed by atoms with Crippen LogP contribution in [-0.4, -0.2) is 53.2 Å². The van der Waals surface area contributed by atoms with Gasteiger partial charge in [-0.3, -0.25) is 4.79 Å². The smallest absolute Gasteiger partial charge is 0.311 e. The average Bonchev–Trinajstić information content (AvgIpc) is 3.40. The highest BCUT2D eigenvalue weighted by atomic mass is 35.5. The lowest BCUT2D eigenvalue weighted by molar-refractivity contribution is -0.139. The maximum absolute atomic E-state index is 12.8. The van der Waals surface area contributed by atoms with Crippen LogP contribution in [0.5, 0.6) is 0 Å². The summed E-state index contributed by atoms with van der Waals surface area (Å²) in [5.74, 6) is -0.971. The lowest BCUT2D eigenvalue weighted by Gasteiger charge is -2.26. The number of hydrogen-bond donors (Lipinski definition) is 2. The fourth-order valence-corrected chi connectivity index (χ4v) is 5.78. The normalized spacial score (nSPS) is 17.5. The lowest BCUT2D eigenvalue weighted by atomic mass is 9.93. The number of carbonyl (C=O) groups is 1. The van der Waals surface area contributed by atoms with Gasteiger partial charge in [0.15, 0.2) is 5.65 Å². The molecule has 2 atom stereocenters. The molecule has 1 aromatic carbocycles. The number of sulfonamides is 1. The third kappa shape index (κ3) is 4.68. The van der Waals surface area contributed by atoms with Crippen LogP contribution in [0.3, 0.4) is 0 Å². The minimum atomic E-state index is -3.72. The molecule has 0 bridgehead atoms. The Kier molecular flexibility index (Phi) is 6.60. The van der Waals surface area contributed by atoms with Crippen molar-refractivity contribution in [2.75, 3.05) is 18.0 Å². The van der Waals surface area contributed by atoms with Crippen LogP contribution in [0.25, 0.3) is 5.65 Å². The van der Waals surface area contributed by atoms with Gasteiger partial charge in [0.1, 0.15) is 5.82 Å². The fraction of sp³-hybridized carbons (Fsp3) is 0.409. The predicted molar refractivity (Wildman–Crippen MR) is 125 cm³/mol. The van der Waals surface area contributed by atoms with Crippen molar-refractivity contribution in [2.24, 2.45) is 0 Å². The molecule has 11 heteroatoms. The highest BCUT2D eigenvalue weighted by Crippen LogP contribution is 2.35. The standard InChI is InChI=1S/C22H26ClN5O4S/c1-3-4-18(22(29)30)20-14(2)25-19-9-11-24-28(19)21(20)27-12-10-16(13-27)26-33(31,32)17-7-5-15(23)6-8-17/h5-9,11,16,18,26H,3-4,10,12-13H2,1-2H3,(H,29,30)/t16-,18?/m1/s1. The number of hydrogen-bond acceptors (Lipinski definition) is 6. The van der Waals surface area contributed by atoms with E-state index >= 15 is 0 Å². The average molecular weight is 492 g/mol. The maximum atomic E-state index is 12.8. The molecule has 176 valence electrons. The Balaban J connectivity index is 1.67. The van der Waals surface area contributed by atoms with Gasteiger partial charge in [0, 0.05) is 41.5 Å². The molecular weight excluding hydrogens is 466 g/mol. The molecular formula is C22H26ClN5O4S. The molecule has 0 radical (unpaired) electrons. The number of rotatable bonds is 8. The summed E-state index contributed by atoms with van der Waals surface area (Å²) in [6.45, 7) is 4.70. The molecule has 3 aromatic rings. The van der Waals surface area contributed by atoms with E-state index in [0.717, 1.165) is 0 Å². The zero-order chi connectivity index (χ0) is 23.8. The van der Waals surface area contributed by atoms with E-state index in [-0.39, 0.29) is 10.9 Å². The summed E-state index contributed by atoms with van der Waals surface area (Å²) in [6, 6.07) is 7.45. The van der Waals surface area contributed by atoms with Gasteiger partial charge < -0.3 is 10.0 Å². The Morgan fingerprint density at radius 2 is 2.03 bits per heavy atom. The SMILES string of the molecule is CCCC(C(=O)O)c1c(C)nc2ccnn2c1N1CC[C@@H](NS(=O)(=O)c2ccc(Cl)cc2)C1. The maximum Gasteiger partial charge on any atom is 0.311 e. The molecule has 0 saturated carbocycles. The Bertz CT molecular complexity index is 1280. The number of aryl methyl sites for hydroxylation is 1. The largest absolute Gasteiger partial charge is 0.481 e. The van der Waals surface area contributed by atoms with E-state index in [1.807, 2.05) is 18.7 Å². The van der Waals surface area contributed by atoms with Crippen LogP contribution >= 0.6 is 11.6 Å². The third-order valence-corrected chi connectivity index (χ3v) is 7.68. The second-order valence-electron chi connectivity index (χ2n) is 8.22. The second-order valence-corrected chi connectivity index (χ2v) is 10.4. The van der Waals surface area contributed by atoms with Crippen molar-refractivity contribution in [2.45, 2.75) is 50.0 Å². The van der Waals surface area contributed by atoms with Crippen molar-refractivity contribution < 1.29 is 18.3 Å². The van der Waals surface area contributed by atoms with E-state index in [1.165, 1.54) is 24.3 Å². The molecule has 1 saturated heterocycles. The Morgan fingerprint density at radius 1 is 1.30 bits per heavy atom. The van der Waals surface area contributed by atoms with Crippen molar-refractivity contribution in [1.82, 2.24) is 19.3 Å². The molecule has 1 aliphatic rings. The van der Waals surface area contributed by atoms with Crippen molar-refractivity contribution in [3.63, 3.8) is 0 Å². The second kappa shape index (κ2) is 9.28. The van der Waals surface area contributed by atoms with Crippen molar-refractivity contribution >= 4 is 39.1 Å². The molecule has 1 fully saturated rings. The first-order valence-corrected chi connectivity index (χ1v) is 12.7. The van der Waals surface area contributed by atoms with Crippen LogP contribution in [-0.2, 0) is 14.8 Å². The molecule has 3 heterocycles. The van der Waals surface area contributed by atoms with Crippen molar-refractivity contribution in [1.29, 1.82) is 0 Å². The van der Waals surface area contributed by atoms with Crippen LogP contribution < -0.4 is 9.62 Å². The zero-order valence-electron chi connectivity index (χ0n) is 18.4. The summed E-state index contributed by atoms with van der Waals surface area (Å²) < 4.78 is 30.1. The molecule has 2 N–H and O–H groups in total. The summed E-state index contributed by atoms with van der Waals surface area (Å²) >= 11 is 5.88. The van der Waals surface area contributed by atoms with Crippen LogP contribution in [0.4, 0.5) is 5.82 Å². The lowest BCUT2D eigenvalue weighted by Crippen LogP contribution is -2.37. The van der Waals surface area contributed by atoms with Crippen LogP contribution in [0.2, 0.25) is 5.02 Å². The number of carboxylic acid groups (broad SMARTS) is 1. The zero-order valence-corrected chi connectivity index (χ0v) is 20.0. The van der Waals surface area contributed by atoms with E-state index < -0.39 is 21.9 Å². The predicted octanol–water partition coefficient (Wildman–Crippen LogP) is 3.22. The van der Waals surface area contributed by atoms with Crippen LogP contribution in [0.1, 0.15) is 43.4 Å². The quantitative estimate of drug-likeness (QED) is 0.496. The number of nitrogens with zero attached hydrogens (tertiary/aromatic N) is 4. The van der Waals surface area contributed by atoms with E-state index in [1.54, 1.807) is 16.8 Å². The van der Waals surface area contributed by atoms with E-state index in [9.17, 15) is 18.3 Å². The topological polar surface area (TPSA) is 117 Å².